The summed E-state index contributed by atoms with van der Waals surface area (Å²) in [7, 11) is -3.84. The molecule has 0 fully saturated rings. The zero-order chi connectivity index (χ0) is 14.2. The highest BCUT2D eigenvalue weighted by Gasteiger charge is 2.21. The van der Waals surface area contributed by atoms with Crippen molar-refractivity contribution in [2.24, 2.45) is 0 Å². The summed E-state index contributed by atoms with van der Waals surface area (Å²) in [5, 5.41) is 0. The Bertz CT molecular complexity index is 777. The number of anilines is 1. The molecule has 2 rings (SSSR count). The second-order valence-corrected chi connectivity index (χ2v) is 6.85. The molecule has 0 aliphatic carbocycles. The summed E-state index contributed by atoms with van der Waals surface area (Å²) in [5.74, 6) is -0.442. The van der Waals surface area contributed by atoms with Crippen molar-refractivity contribution in [1.29, 1.82) is 0 Å². The van der Waals surface area contributed by atoms with Gasteiger partial charge in [0.05, 0.1) is 5.69 Å². The van der Waals surface area contributed by atoms with E-state index in [1.807, 2.05) is 0 Å². The van der Waals surface area contributed by atoms with Crippen molar-refractivity contribution < 1.29 is 12.8 Å². The molecule has 1 aromatic heterocycles. The van der Waals surface area contributed by atoms with Crippen molar-refractivity contribution >= 4 is 27.0 Å². The summed E-state index contributed by atoms with van der Waals surface area (Å²) >= 11 is 0.614. The number of aromatic amines is 1. The molecule has 8 heteroatoms. The Kier molecular flexibility index (Phi) is 3.46. The number of sulfonamides is 1. The first kappa shape index (κ1) is 13.8. The number of hydrogen-bond acceptors (Lipinski definition) is 4. The molecule has 5 nitrogen and oxygen atoms in total. The van der Waals surface area contributed by atoms with Crippen LogP contribution < -0.4 is 9.60 Å². The summed E-state index contributed by atoms with van der Waals surface area (Å²) in [6, 6.07) is 3.73. The Morgan fingerprint density at radius 1 is 1.32 bits per heavy atom. The van der Waals surface area contributed by atoms with E-state index >= 15 is 0 Å². The van der Waals surface area contributed by atoms with E-state index in [2.05, 4.69) is 9.71 Å². The minimum Gasteiger partial charge on any atom is -0.315 e. The molecule has 0 radical (unpaired) electrons. The quantitative estimate of drug-likeness (QED) is 0.910. The van der Waals surface area contributed by atoms with Crippen molar-refractivity contribution in [1.82, 2.24) is 4.98 Å². The van der Waals surface area contributed by atoms with Crippen LogP contribution in [-0.2, 0) is 10.0 Å². The minimum absolute atomic E-state index is 0.0683. The third-order valence-corrected chi connectivity index (χ3v) is 5.43. The molecule has 1 aromatic carbocycles. The van der Waals surface area contributed by atoms with Gasteiger partial charge in [-0.15, -0.1) is 0 Å². The van der Waals surface area contributed by atoms with E-state index < -0.39 is 20.7 Å². The highest BCUT2D eigenvalue weighted by molar-refractivity contribution is 7.94. The zero-order valence-electron chi connectivity index (χ0n) is 10.2. The molecule has 19 heavy (non-hydrogen) atoms. The fourth-order valence-corrected chi connectivity index (χ4v) is 4.01. The van der Waals surface area contributed by atoms with Gasteiger partial charge in [-0.3, -0.25) is 9.52 Å². The van der Waals surface area contributed by atoms with E-state index in [1.165, 1.54) is 19.1 Å². The van der Waals surface area contributed by atoms with Crippen LogP contribution >= 0.6 is 11.3 Å². The Morgan fingerprint density at radius 2 is 2.00 bits per heavy atom. The van der Waals surface area contributed by atoms with Crippen LogP contribution in [-0.4, -0.2) is 13.4 Å². The number of aromatic nitrogens is 1. The average molecular weight is 302 g/mol. The number of halogens is 1. The van der Waals surface area contributed by atoms with Gasteiger partial charge in [0.1, 0.15) is 5.82 Å². The molecule has 0 atom stereocenters. The predicted molar refractivity (Wildman–Crippen MR) is 71.6 cm³/mol. The molecule has 2 N–H and O–H groups in total. The highest BCUT2D eigenvalue weighted by atomic mass is 32.2. The Balaban J connectivity index is 2.42. The molecular formula is C11H11FN2O3S2. The fourth-order valence-electron chi connectivity index (χ4n) is 1.58. The number of H-pyrrole nitrogens is 1. The number of hydrogen-bond donors (Lipinski definition) is 2. The highest BCUT2D eigenvalue weighted by Crippen LogP contribution is 2.23. The first-order valence-corrected chi connectivity index (χ1v) is 7.58. The molecule has 0 bridgehead atoms. The lowest BCUT2D eigenvalue weighted by Crippen LogP contribution is -2.13. The SMILES string of the molecule is Cc1cc(F)ccc1NS(=O)(=O)c1sc(=O)[nH]c1C. The van der Waals surface area contributed by atoms with Crippen LogP contribution in [0.4, 0.5) is 10.1 Å². The zero-order valence-corrected chi connectivity index (χ0v) is 11.8. The van der Waals surface area contributed by atoms with Crippen LogP contribution in [0.1, 0.15) is 11.3 Å². The van der Waals surface area contributed by atoms with Gasteiger partial charge in [-0.2, -0.15) is 0 Å². The van der Waals surface area contributed by atoms with Crippen LogP contribution in [0.15, 0.2) is 27.2 Å². The van der Waals surface area contributed by atoms with Gasteiger partial charge in [-0.05, 0) is 37.6 Å². The number of nitrogens with one attached hydrogen (secondary N) is 2. The predicted octanol–water partition coefficient (Wildman–Crippen LogP) is 1.99. The molecule has 0 amide bonds. The van der Waals surface area contributed by atoms with Crippen LogP contribution in [0.2, 0.25) is 0 Å². The maximum atomic E-state index is 12.9. The Labute approximate surface area is 113 Å². The Morgan fingerprint density at radius 3 is 2.53 bits per heavy atom. The van der Waals surface area contributed by atoms with Gasteiger partial charge in [0.15, 0.2) is 4.21 Å². The molecule has 1 heterocycles. The lowest BCUT2D eigenvalue weighted by molar-refractivity contribution is 0.602. The van der Waals surface area contributed by atoms with Crippen molar-refractivity contribution in [3.05, 3.63) is 44.9 Å². The van der Waals surface area contributed by atoms with Gasteiger partial charge in [0.2, 0.25) is 0 Å². The van der Waals surface area contributed by atoms with Crippen molar-refractivity contribution in [3.8, 4) is 0 Å². The standard InChI is InChI=1S/C11H11FN2O3S2/c1-6-5-8(12)3-4-9(6)14-19(16,17)10-7(2)13-11(15)18-10/h3-5,14H,1-2H3,(H,13,15). The molecule has 0 aliphatic rings. The van der Waals surface area contributed by atoms with E-state index in [-0.39, 0.29) is 15.6 Å². The summed E-state index contributed by atoms with van der Waals surface area (Å²) in [5.41, 5.74) is 1.02. The van der Waals surface area contributed by atoms with E-state index in [1.54, 1.807) is 6.92 Å². The molecule has 2 aromatic rings. The van der Waals surface area contributed by atoms with E-state index in [0.717, 1.165) is 6.07 Å². The first-order chi connectivity index (χ1) is 8.79. The molecule has 0 unspecified atom stereocenters. The fraction of sp³-hybridized carbons (Fsp3) is 0.182. The van der Waals surface area contributed by atoms with Gasteiger partial charge < -0.3 is 4.98 Å². The van der Waals surface area contributed by atoms with Gasteiger partial charge in [0.25, 0.3) is 10.0 Å². The van der Waals surface area contributed by atoms with Crippen molar-refractivity contribution in [2.45, 2.75) is 18.1 Å². The lowest BCUT2D eigenvalue weighted by Gasteiger charge is -2.09. The Hall–Kier alpha value is -1.67. The smallest absolute Gasteiger partial charge is 0.306 e. The number of benzene rings is 1. The van der Waals surface area contributed by atoms with E-state index in [4.69, 9.17) is 0 Å². The van der Waals surface area contributed by atoms with Crippen molar-refractivity contribution in [3.63, 3.8) is 0 Å². The largest absolute Gasteiger partial charge is 0.315 e. The maximum Gasteiger partial charge on any atom is 0.306 e. The van der Waals surface area contributed by atoms with Crippen LogP contribution in [0.25, 0.3) is 0 Å². The van der Waals surface area contributed by atoms with Crippen LogP contribution in [0.3, 0.4) is 0 Å². The molecule has 0 saturated heterocycles. The van der Waals surface area contributed by atoms with Crippen LogP contribution in [0, 0.1) is 19.7 Å². The molecule has 0 saturated carbocycles. The number of rotatable bonds is 3. The maximum absolute atomic E-state index is 12.9. The minimum atomic E-state index is -3.84. The molecular weight excluding hydrogens is 291 g/mol. The second kappa shape index (κ2) is 4.78. The van der Waals surface area contributed by atoms with Gasteiger partial charge in [-0.1, -0.05) is 11.3 Å². The van der Waals surface area contributed by atoms with Gasteiger partial charge in [-0.25, -0.2) is 12.8 Å². The van der Waals surface area contributed by atoms with E-state index in [0.29, 0.717) is 16.9 Å². The van der Waals surface area contributed by atoms with E-state index in [9.17, 15) is 17.6 Å². The molecule has 0 aliphatic heterocycles. The third kappa shape index (κ3) is 2.85. The summed E-state index contributed by atoms with van der Waals surface area (Å²) in [6.07, 6.45) is 0. The second-order valence-electron chi connectivity index (χ2n) is 3.99. The first-order valence-electron chi connectivity index (χ1n) is 5.28. The molecule has 0 spiro atoms. The monoisotopic (exact) mass is 302 g/mol. The normalized spacial score (nSPS) is 11.5. The molecule has 102 valence electrons. The van der Waals surface area contributed by atoms with Crippen molar-refractivity contribution in [2.75, 3.05) is 4.72 Å². The van der Waals surface area contributed by atoms with Gasteiger partial charge >= 0.3 is 4.87 Å². The number of thiazole rings is 1. The topological polar surface area (TPSA) is 79.0 Å². The summed E-state index contributed by atoms with van der Waals surface area (Å²) in [6.45, 7) is 3.09. The van der Waals surface area contributed by atoms with Gasteiger partial charge in [0, 0.05) is 5.69 Å². The lowest BCUT2D eigenvalue weighted by atomic mass is 10.2. The number of aryl methyl sites for hydroxylation is 2. The summed E-state index contributed by atoms with van der Waals surface area (Å²) in [4.78, 5) is 13.1. The summed E-state index contributed by atoms with van der Waals surface area (Å²) < 4.78 is 39.5. The van der Waals surface area contributed by atoms with Crippen LogP contribution in [0.5, 0.6) is 0 Å². The third-order valence-electron chi connectivity index (χ3n) is 2.46. The average Bonchev–Trinajstić information content (AvgIpc) is 2.63.